The maximum absolute atomic E-state index is 8.52. The Hall–Kier alpha value is 0.150. The Balaban J connectivity index is 2.80. The minimum Gasteiger partial charge on any atom is -0.259 e. The molecule has 0 saturated heterocycles. The van der Waals surface area contributed by atoms with Crippen molar-refractivity contribution in [2.75, 3.05) is 0 Å². The van der Waals surface area contributed by atoms with E-state index in [1.54, 1.807) is 0 Å². The lowest BCUT2D eigenvalue weighted by molar-refractivity contribution is 0.310. The second-order valence-corrected chi connectivity index (χ2v) is 0.750. The van der Waals surface area contributed by atoms with Crippen LogP contribution in [0.3, 0.4) is 0 Å². The van der Waals surface area contributed by atoms with Crippen molar-refractivity contribution in [2.45, 2.75) is 0 Å². The van der Waals surface area contributed by atoms with Gasteiger partial charge in [0.25, 0.3) is 0 Å². The summed E-state index contributed by atoms with van der Waals surface area (Å²) < 4.78 is 8.52. The van der Waals surface area contributed by atoms with E-state index in [1.165, 1.54) is 0 Å². The van der Waals surface area contributed by atoms with Crippen molar-refractivity contribution in [3.8, 4) is 0 Å². The first kappa shape index (κ1) is 4.15. The molecule has 4 heavy (non-hydrogen) atoms. The SMILES string of the molecule is [O][PH]([O])=O. The molecule has 24 valence electrons. The molecule has 0 aromatic rings. The van der Waals surface area contributed by atoms with Crippen LogP contribution in [0.5, 0.6) is 0 Å². The molecule has 0 amide bonds. The maximum Gasteiger partial charge on any atom is 0.374 e. The Morgan fingerprint density at radius 3 is 1.25 bits per heavy atom. The zero-order chi connectivity index (χ0) is 3.58. The Morgan fingerprint density at radius 2 is 1.25 bits per heavy atom. The third-order valence-electron chi connectivity index (χ3n) is 0. The van der Waals surface area contributed by atoms with E-state index in [2.05, 4.69) is 0 Å². The van der Waals surface area contributed by atoms with Gasteiger partial charge in [-0.3, -0.25) is 4.57 Å². The molecule has 0 bridgehead atoms. The van der Waals surface area contributed by atoms with Crippen LogP contribution in [-0.4, -0.2) is 0 Å². The average Bonchev–Trinajstić information content (AvgIpc) is 0.811. The standard InChI is InChI=1S/HO3P/c1-4(2)3/h4H. The van der Waals surface area contributed by atoms with Gasteiger partial charge in [-0.2, -0.15) is 0 Å². The summed E-state index contributed by atoms with van der Waals surface area (Å²) in [4.78, 5) is 17.0. The zero-order valence-corrected chi connectivity index (χ0v) is 2.72. The molecule has 0 rings (SSSR count). The van der Waals surface area contributed by atoms with Gasteiger partial charge < -0.3 is 0 Å². The van der Waals surface area contributed by atoms with Gasteiger partial charge in [-0.15, -0.1) is 9.79 Å². The Kier molecular flexibility index (Phi) is 1.52. The van der Waals surface area contributed by atoms with Gasteiger partial charge in [0.2, 0.25) is 0 Å². The second kappa shape index (κ2) is 1.47. The molecule has 0 spiro atoms. The van der Waals surface area contributed by atoms with E-state index in [-0.39, 0.29) is 0 Å². The van der Waals surface area contributed by atoms with Gasteiger partial charge in [0.15, 0.2) is 0 Å². The summed E-state index contributed by atoms with van der Waals surface area (Å²) in [5.74, 6) is 0. The van der Waals surface area contributed by atoms with Crippen LogP contribution in [0.15, 0.2) is 0 Å². The van der Waals surface area contributed by atoms with Gasteiger partial charge in [0.1, 0.15) is 0 Å². The summed E-state index contributed by atoms with van der Waals surface area (Å²) in [7, 11) is -3.63. The fourth-order valence-corrected chi connectivity index (χ4v) is 0. The van der Waals surface area contributed by atoms with E-state index < -0.39 is 8.25 Å². The zero-order valence-electron chi connectivity index (χ0n) is 1.72. The normalized spacial score (nSPS) is 8.75. The van der Waals surface area contributed by atoms with Crippen LogP contribution in [0.1, 0.15) is 0 Å². The van der Waals surface area contributed by atoms with Crippen molar-refractivity contribution in [1.29, 1.82) is 0 Å². The fourth-order valence-electron chi connectivity index (χ4n) is 0. The minimum atomic E-state index is -3.63. The molecule has 0 saturated carbocycles. The molecule has 2 radical (unpaired) electrons. The summed E-state index contributed by atoms with van der Waals surface area (Å²) in [6.07, 6.45) is 0. The van der Waals surface area contributed by atoms with Gasteiger partial charge in [-0.1, -0.05) is 0 Å². The van der Waals surface area contributed by atoms with Crippen LogP contribution in [0, 0.1) is 0 Å². The smallest absolute Gasteiger partial charge is 0.259 e. The molecule has 0 aliphatic carbocycles. The van der Waals surface area contributed by atoms with Crippen molar-refractivity contribution in [3.05, 3.63) is 0 Å². The average molecular weight is 80.0 g/mol. The monoisotopic (exact) mass is 80.0 g/mol. The first-order valence-corrected chi connectivity index (χ1v) is 1.84. The van der Waals surface area contributed by atoms with Gasteiger partial charge >= 0.3 is 8.25 Å². The highest BCUT2D eigenvalue weighted by Gasteiger charge is 1.71. The van der Waals surface area contributed by atoms with Gasteiger partial charge in [-0.05, 0) is 0 Å². The van der Waals surface area contributed by atoms with Gasteiger partial charge in [-0.25, -0.2) is 0 Å². The molecular formula is HO3P. The van der Waals surface area contributed by atoms with Crippen molar-refractivity contribution in [1.82, 2.24) is 0 Å². The highest BCUT2D eigenvalue weighted by atomic mass is 31.1. The molecule has 0 aliphatic heterocycles. The molecule has 3 nitrogen and oxygen atoms in total. The third-order valence-corrected chi connectivity index (χ3v) is 0. The summed E-state index contributed by atoms with van der Waals surface area (Å²) >= 11 is 0. The summed E-state index contributed by atoms with van der Waals surface area (Å²) in [6.45, 7) is 0. The van der Waals surface area contributed by atoms with E-state index in [4.69, 9.17) is 14.4 Å². The van der Waals surface area contributed by atoms with Crippen molar-refractivity contribution < 1.29 is 14.4 Å². The molecule has 0 aliphatic rings. The molecular weight excluding hydrogens is 79.0 g/mol. The molecule has 0 unspecified atom stereocenters. The molecule has 4 heteroatoms. The topological polar surface area (TPSA) is 56.9 Å². The lowest BCUT2D eigenvalue weighted by Crippen LogP contribution is -1.28. The molecule has 0 N–H and O–H groups in total. The maximum atomic E-state index is 8.52. The highest BCUT2D eigenvalue weighted by molar-refractivity contribution is 7.30. The lowest BCUT2D eigenvalue weighted by Gasteiger charge is -1.50. The number of hydrogen-bond donors (Lipinski definition) is 0. The minimum absolute atomic E-state index is 3.63. The Morgan fingerprint density at radius 1 is 1.25 bits per heavy atom. The number of rotatable bonds is 0. The predicted molar refractivity (Wildman–Crippen MR) is 10.4 cm³/mol. The third kappa shape index (κ3) is 126. The van der Waals surface area contributed by atoms with E-state index >= 15 is 0 Å². The fraction of sp³-hybridized carbons (Fsp3) is 0. The summed E-state index contributed by atoms with van der Waals surface area (Å²) in [5, 5.41) is 0. The van der Waals surface area contributed by atoms with Crippen LogP contribution in [0.2, 0.25) is 0 Å². The van der Waals surface area contributed by atoms with Gasteiger partial charge in [0, 0.05) is 0 Å². The van der Waals surface area contributed by atoms with Crippen LogP contribution in [0.25, 0.3) is 0 Å². The van der Waals surface area contributed by atoms with E-state index in [9.17, 15) is 0 Å². The predicted octanol–water partition coefficient (Wildman–Crippen LogP) is 0.237. The lowest BCUT2D eigenvalue weighted by atomic mass is 15.8. The Bertz CT molecular complexity index is 26.3. The van der Waals surface area contributed by atoms with Crippen LogP contribution >= 0.6 is 8.25 Å². The molecule has 0 aromatic carbocycles. The molecule has 0 fully saturated rings. The van der Waals surface area contributed by atoms with E-state index in [0.717, 1.165) is 0 Å². The van der Waals surface area contributed by atoms with Gasteiger partial charge in [0.05, 0.1) is 0 Å². The largest absolute Gasteiger partial charge is 0.374 e. The van der Waals surface area contributed by atoms with E-state index in [1.807, 2.05) is 0 Å². The summed E-state index contributed by atoms with van der Waals surface area (Å²) in [5.41, 5.74) is 0. The first-order valence-electron chi connectivity index (χ1n) is 0.612. The quantitative estimate of drug-likeness (QED) is 0.384. The molecule has 0 aromatic heterocycles. The van der Waals surface area contributed by atoms with Crippen LogP contribution in [0.4, 0.5) is 0 Å². The molecule has 0 atom stereocenters. The van der Waals surface area contributed by atoms with Crippen molar-refractivity contribution in [2.24, 2.45) is 0 Å². The second-order valence-electron chi connectivity index (χ2n) is 0.250. The van der Waals surface area contributed by atoms with E-state index in [0.29, 0.717) is 0 Å². The Labute approximate surface area is 23.8 Å². The highest BCUT2D eigenvalue weighted by Crippen LogP contribution is 2.03. The molecule has 0 heterocycles. The van der Waals surface area contributed by atoms with Crippen LogP contribution in [-0.2, 0) is 14.4 Å². The number of hydrogen-bond acceptors (Lipinski definition) is 1. The van der Waals surface area contributed by atoms with Crippen molar-refractivity contribution in [3.63, 3.8) is 0 Å². The van der Waals surface area contributed by atoms with Crippen molar-refractivity contribution >= 4 is 8.25 Å². The first-order chi connectivity index (χ1) is 1.73. The van der Waals surface area contributed by atoms with Crippen LogP contribution < -0.4 is 0 Å². The summed E-state index contributed by atoms with van der Waals surface area (Å²) in [6, 6.07) is 0.